The van der Waals surface area contributed by atoms with Gasteiger partial charge in [0.15, 0.2) is 0 Å². The summed E-state index contributed by atoms with van der Waals surface area (Å²) in [4.78, 5) is 23.6. The number of amides is 1. The van der Waals surface area contributed by atoms with Crippen LogP contribution in [-0.4, -0.2) is 31.0 Å². The van der Waals surface area contributed by atoms with Gasteiger partial charge < -0.3 is 5.32 Å². The zero-order valence-corrected chi connectivity index (χ0v) is 16.5. The molecule has 0 spiro atoms. The second-order valence-corrected chi connectivity index (χ2v) is 7.94. The van der Waals surface area contributed by atoms with Crippen molar-refractivity contribution in [2.75, 3.05) is 5.32 Å². The number of benzene rings is 2. The molecule has 1 aliphatic rings. The fourth-order valence-electron chi connectivity index (χ4n) is 2.76. The largest absolute Gasteiger partial charge is 0.325 e. The van der Waals surface area contributed by atoms with Gasteiger partial charge in [-0.2, -0.15) is 0 Å². The molecule has 0 bridgehead atoms. The maximum atomic E-state index is 13.1. The maximum absolute atomic E-state index is 13.1. The number of nitrogens with zero attached hydrogens (tertiary/aromatic N) is 5. The Bertz CT molecular complexity index is 1060. The molecule has 2 aromatic carbocycles. The van der Waals surface area contributed by atoms with E-state index in [0.29, 0.717) is 5.16 Å². The van der Waals surface area contributed by atoms with Crippen LogP contribution in [0.3, 0.4) is 0 Å². The van der Waals surface area contributed by atoms with Gasteiger partial charge in [-0.25, -0.2) is 4.68 Å². The normalized spacial score (nSPS) is 14.4. The first-order chi connectivity index (χ1) is 14.0. The summed E-state index contributed by atoms with van der Waals surface area (Å²) in [5, 5.41) is 25.6. The minimum atomic E-state index is -0.644. The van der Waals surface area contributed by atoms with Crippen LogP contribution in [-0.2, 0) is 4.79 Å². The Balaban J connectivity index is 1.61. The van der Waals surface area contributed by atoms with E-state index in [-0.39, 0.29) is 28.3 Å². The van der Waals surface area contributed by atoms with Crippen LogP contribution in [0.25, 0.3) is 0 Å². The summed E-state index contributed by atoms with van der Waals surface area (Å²) in [6.45, 7) is 0. The minimum Gasteiger partial charge on any atom is -0.325 e. The molecule has 1 atom stereocenters. The van der Waals surface area contributed by atoms with E-state index in [4.69, 9.17) is 11.6 Å². The molecule has 4 rings (SSSR count). The van der Waals surface area contributed by atoms with Gasteiger partial charge in [0.05, 0.1) is 11.0 Å². The van der Waals surface area contributed by atoms with Crippen LogP contribution < -0.4 is 5.32 Å². The van der Waals surface area contributed by atoms with E-state index >= 15 is 0 Å². The predicted molar refractivity (Wildman–Crippen MR) is 108 cm³/mol. The highest BCUT2D eigenvalue weighted by atomic mass is 35.5. The Morgan fingerprint density at radius 2 is 2.03 bits per heavy atom. The number of nitrogens with one attached hydrogen (secondary N) is 1. The Morgan fingerprint density at radius 3 is 2.72 bits per heavy atom. The fourth-order valence-corrected chi connectivity index (χ4v) is 3.99. The molecule has 1 aliphatic carbocycles. The van der Waals surface area contributed by atoms with E-state index in [2.05, 4.69) is 20.8 Å². The van der Waals surface area contributed by atoms with Crippen molar-refractivity contribution in [2.24, 2.45) is 0 Å². The summed E-state index contributed by atoms with van der Waals surface area (Å²) < 4.78 is 1.74. The molecule has 29 heavy (non-hydrogen) atoms. The molecule has 1 heterocycles. The molecule has 1 fully saturated rings. The van der Waals surface area contributed by atoms with Crippen molar-refractivity contribution in [1.82, 2.24) is 20.2 Å². The second-order valence-electron chi connectivity index (χ2n) is 6.46. The monoisotopic (exact) mass is 430 g/mol. The highest BCUT2D eigenvalue weighted by molar-refractivity contribution is 8.00. The Morgan fingerprint density at radius 1 is 1.28 bits per heavy atom. The third-order valence-electron chi connectivity index (χ3n) is 4.33. The van der Waals surface area contributed by atoms with Crippen molar-refractivity contribution in [3.05, 3.63) is 69.2 Å². The molecule has 0 radical (unpaired) electrons. The van der Waals surface area contributed by atoms with Crippen LogP contribution in [0.15, 0.2) is 53.7 Å². The van der Waals surface area contributed by atoms with Crippen molar-refractivity contribution >= 4 is 40.6 Å². The lowest BCUT2D eigenvalue weighted by Gasteiger charge is -2.16. The summed E-state index contributed by atoms with van der Waals surface area (Å²) in [6.07, 6.45) is 2.02. The van der Waals surface area contributed by atoms with Crippen molar-refractivity contribution < 1.29 is 9.72 Å². The molecule has 1 aromatic heterocycles. The summed E-state index contributed by atoms with van der Waals surface area (Å²) >= 11 is 7.09. The predicted octanol–water partition coefficient (Wildman–Crippen LogP) is 4.04. The molecule has 3 aromatic rings. The average molecular weight is 431 g/mol. The number of carbonyl (C=O) groups is 1. The molecular formula is C18H15ClN6O3S. The van der Waals surface area contributed by atoms with Crippen LogP contribution in [0, 0.1) is 10.1 Å². The van der Waals surface area contributed by atoms with Gasteiger partial charge >= 0.3 is 0 Å². The first kappa shape index (κ1) is 19.3. The third kappa shape index (κ3) is 4.38. The molecule has 1 N–H and O–H groups in total. The van der Waals surface area contributed by atoms with Crippen molar-refractivity contribution in [1.29, 1.82) is 0 Å². The number of nitro benzene ring substituents is 1. The molecule has 0 aliphatic heterocycles. The first-order valence-corrected chi connectivity index (χ1v) is 10.0. The standard InChI is InChI=1S/C18H15ClN6O3S/c19-14-9-6-12(10-15(14)25(27)28)20-17(26)16(11-4-2-1-3-5-11)29-18-21-22-23-24(18)13-7-8-13/h1-6,9-10,13,16H,7-8H2,(H,20,26). The van der Waals surface area contributed by atoms with Crippen LogP contribution >= 0.6 is 23.4 Å². The van der Waals surface area contributed by atoms with E-state index in [0.717, 1.165) is 18.4 Å². The number of hydrogen-bond acceptors (Lipinski definition) is 7. The smallest absolute Gasteiger partial charge is 0.289 e. The van der Waals surface area contributed by atoms with Crippen LogP contribution in [0.2, 0.25) is 5.02 Å². The third-order valence-corrected chi connectivity index (χ3v) is 5.85. The summed E-state index contributed by atoms with van der Waals surface area (Å²) in [5.41, 5.74) is 0.782. The number of rotatable bonds is 7. The molecule has 1 saturated carbocycles. The number of thioether (sulfide) groups is 1. The van der Waals surface area contributed by atoms with Gasteiger partial charge in [0.2, 0.25) is 11.1 Å². The molecule has 148 valence electrons. The van der Waals surface area contributed by atoms with E-state index in [1.165, 1.54) is 30.0 Å². The van der Waals surface area contributed by atoms with Gasteiger partial charge in [-0.1, -0.05) is 53.7 Å². The molecule has 1 amide bonds. The topological polar surface area (TPSA) is 116 Å². The molecular weight excluding hydrogens is 416 g/mol. The van der Waals surface area contributed by atoms with Crippen molar-refractivity contribution in [3.8, 4) is 0 Å². The number of tetrazole rings is 1. The lowest BCUT2D eigenvalue weighted by molar-refractivity contribution is -0.384. The number of nitro groups is 1. The lowest BCUT2D eigenvalue weighted by atomic mass is 10.1. The molecule has 1 unspecified atom stereocenters. The van der Waals surface area contributed by atoms with Gasteiger partial charge in [0, 0.05) is 11.8 Å². The number of carbonyl (C=O) groups excluding carboxylic acids is 1. The fraction of sp³-hybridized carbons (Fsp3) is 0.222. The van der Waals surface area contributed by atoms with Gasteiger partial charge in [-0.15, -0.1) is 5.10 Å². The first-order valence-electron chi connectivity index (χ1n) is 8.77. The summed E-state index contributed by atoms with van der Waals surface area (Å²) in [6, 6.07) is 13.6. The van der Waals surface area contributed by atoms with Crippen LogP contribution in [0.5, 0.6) is 0 Å². The Hall–Kier alpha value is -2.98. The highest BCUT2D eigenvalue weighted by Crippen LogP contribution is 2.41. The van der Waals surface area contributed by atoms with Crippen LogP contribution in [0.1, 0.15) is 29.7 Å². The summed E-state index contributed by atoms with van der Waals surface area (Å²) in [5.74, 6) is -0.344. The van der Waals surface area contributed by atoms with Gasteiger partial charge in [-0.3, -0.25) is 14.9 Å². The van der Waals surface area contributed by atoms with Gasteiger partial charge in [0.25, 0.3) is 5.69 Å². The summed E-state index contributed by atoms with van der Waals surface area (Å²) in [7, 11) is 0. The SMILES string of the molecule is O=C(Nc1ccc(Cl)c([N+](=O)[O-])c1)C(Sc1nnnn1C1CC1)c1ccccc1. The van der Waals surface area contributed by atoms with E-state index in [9.17, 15) is 14.9 Å². The molecule has 9 nitrogen and oxygen atoms in total. The average Bonchev–Trinajstić information content (AvgIpc) is 3.46. The number of aromatic nitrogens is 4. The Labute approximate surface area is 174 Å². The number of hydrogen-bond donors (Lipinski definition) is 1. The number of halogens is 1. The zero-order valence-electron chi connectivity index (χ0n) is 14.9. The van der Waals surface area contributed by atoms with E-state index < -0.39 is 10.2 Å². The van der Waals surface area contributed by atoms with Gasteiger partial charge in [-0.05, 0) is 41.0 Å². The highest BCUT2D eigenvalue weighted by Gasteiger charge is 2.31. The second kappa shape index (κ2) is 8.18. The van der Waals surface area contributed by atoms with E-state index in [1.807, 2.05) is 30.3 Å². The lowest BCUT2D eigenvalue weighted by Crippen LogP contribution is -2.19. The molecule has 0 saturated heterocycles. The quantitative estimate of drug-likeness (QED) is 0.341. The van der Waals surface area contributed by atoms with Crippen molar-refractivity contribution in [3.63, 3.8) is 0 Å². The number of anilines is 1. The van der Waals surface area contributed by atoms with Crippen LogP contribution in [0.4, 0.5) is 11.4 Å². The zero-order chi connectivity index (χ0) is 20.4. The van der Waals surface area contributed by atoms with Crippen molar-refractivity contribution in [2.45, 2.75) is 29.3 Å². The Kier molecular flexibility index (Phi) is 5.45. The molecule has 11 heteroatoms. The van der Waals surface area contributed by atoms with Gasteiger partial charge in [0.1, 0.15) is 10.3 Å². The minimum absolute atomic E-state index is 0.00518. The maximum Gasteiger partial charge on any atom is 0.289 e. The van der Waals surface area contributed by atoms with E-state index in [1.54, 1.807) is 4.68 Å².